The third-order valence-electron chi connectivity index (χ3n) is 11.6. The molecule has 6 nitrogen and oxygen atoms in total. The fraction of sp³-hybridized carbons (Fsp3) is 0.591. The van der Waals surface area contributed by atoms with E-state index in [-0.39, 0.29) is 47.6 Å². The number of aliphatic hydroxyl groups is 2. The van der Waals surface area contributed by atoms with Crippen LogP contribution in [0.2, 0.25) is 0 Å². The summed E-state index contributed by atoms with van der Waals surface area (Å²) in [6, 6.07) is 9.12. The van der Waals surface area contributed by atoms with Crippen LogP contribution < -0.4 is 0 Å². The van der Waals surface area contributed by atoms with Crippen molar-refractivity contribution in [2.75, 3.05) is 26.4 Å². The van der Waals surface area contributed by atoms with E-state index in [2.05, 4.69) is 26.1 Å². The SMILES string of the molecule is C=C(CO)C(=O)OCCCC(CCCOC(=O)C(=C)CO)c1ccc(C2CCC(c3ccc(C4CCC(CCCCC)CC4)cc3F)CC2)c(F)c1F. The summed E-state index contributed by atoms with van der Waals surface area (Å²) in [4.78, 5) is 23.8. The first-order chi connectivity index (χ1) is 25.6. The molecule has 2 aromatic rings. The Morgan fingerprint density at radius 1 is 0.717 bits per heavy atom. The van der Waals surface area contributed by atoms with Crippen molar-refractivity contribution >= 4 is 11.9 Å². The lowest BCUT2D eigenvalue weighted by molar-refractivity contribution is -0.140. The third-order valence-corrected chi connectivity index (χ3v) is 11.6. The maximum atomic E-state index is 15.8. The molecule has 292 valence electrons. The van der Waals surface area contributed by atoms with Crippen molar-refractivity contribution in [3.8, 4) is 0 Å². The molecule has 2 N–H and O–H groups in total. The van der Waals surface area contributed by atoms with E-state index in [1.165, 1.54) is 38.5 Å². The van der Waals surface area contributed by atoms with E-state index in [0.29, 0.717) is 62.8 Å². The maximum Gasteiger partial charge on any atom is 0.335 e. The summed E-state index contributed by atoms with van der Waals surface area (Å²) in [5, 5.41) is 18.2. The molecule has 0 heterocycles. The van der Waals surface area contributed by atoms with Gasteiger partial charge in [-0.1, -0.05) is 70.0 Å². The second-order valence-electron chi connectivity index (χ2n) is 15.2. The minimum atomic E-state index is -0.914. The second kappa shape index (κ2) is 21.5. The van der Waals surface area contributed by atoms with Gasteiger partial charge in [-0.05, 0) is 135 Å². The molecule has 0 aliphatic heterocycles. The highest BCUT2D eigenvalue weighted by molar-refractivity contribution is 5.88. The Bertz CT molecular complexity index is 1490. The highest BCUT2D eigenvalue weighted by Gasteiger charge is 2.30. The van der Waals surface area contributed by atoms with Gasteiger partial charge >= 0.3 is 11.9 Å². The molecule has 4 rings (SSSR count). The number of esters is 2. The van der Waals surface area contributed by atoms with Crippen molar-refractivity contribution in [2.45, 2.75) is 133 Å². The number of ether oxygens (including phenoxy) is 2. The van der Waals surface area contributed by atoms with E-state index in [0.717, 1.165) is 29.9 Å². The molecule has 2 aliphatic rings. The van der Waals surface area contributed by atoms with Crippen molar-refractivity contribution in [1.29, 1.82) is 0 Å². The van der Waals surface area contributed by atoms with Gasteiger partial charge < -0.3 is 19.7 Å². The van der Waals surface area contributed by atoms with Gasteiger partial charge in [-0.2, -0.15) is 0 Å². The minimum Gasteiger partial charge on any atom is -0.462 e. The third kappa shape index (κ3) is 12.0. The van der Waals surface area contributed by atoms with Gasteiger partial charge in [0.15, 0.2) is 11.6 Å². The van der Waals surface area contributed by atoms with Gasteiger partial charge in [-0.15, -0.1) is 0 Å². The molecule has 2 fully saturated rings. The summed E-state index contributed by atoms with van der Waals surface area (Å²) in [6.45, 7) is 8.09. The molecule has 0 spiro atoms. The van der Waals surface area contributed by atoms with Gasteiger partial charge in [0, 0.05) is 0 Å². The van der Waals surface area contributed by atoms with Crippen LogP contribution in [0, 0.1) is 23.4 Å². The van der Waals surface area contributed by atoms with Crippen molar-refractivity contribution in [1.82, 2.24) is 0 Å². The highest BCUT2D eigenvalue weighted by Crippen LogP contribution is 2.44. The molecule has 2 saturated carbocycles. The average Bonchev–Trinajstić information content (AvgIpc) is 3.18. The van der Waals surface area contributed by atoms with Gasteiger partial charge in [0.05, 0.1) is 37.6 Å². The Balaban J connectivity index is 1.36. The monoisotopic (exact) mass is 740 g/mol. The molecule has 2 aromatic carbocycles. The minimum absolute atomic E-state index is 0.00854. The summed E-state index contributed by atoms with van der Waals surface area (Å²) in [6.07, 6.45) is 13.9. The summed E-state index contributed by atoms with van der Waals surface area (Å²) >= 11 is 0. The molecule has 2 aliphatic carbocycles. The standard InChI is InChI=1S/C44H59F3O6/c1-4-5-6-9-31-12-14-32(15-13-31)36-20-21-37(40(45)26-36)34-16-18-35(19-17-34)39-23-22-38(41(46)42(39)47)33(10-7-24-52-43(50)29(2)27-48)11-8-25-53-44(51)30(3)28-49/h20-23,26,31-35,48-49H,2-19,24-25,27-28H2,1H3. The molecule has 0 unspecified atom stereocenters. The number of aliphatic hydroxyl groups excluding tert-OH is 2. The number of carbonyl (C=O) groups is 2. The Morgan fingerprint density at radius 2 is 1.25 bits per heavy atom. The van der Waals surface area contributed by atoms with E-state index in [9.17, 15) is 9.59 Å². The lowest BCUT2D eigenvalue weighted by Crippen LogP contribution is -2.17. The largest absolute Gasteiger partial charge is 0.462 e. The first-order valence-electron chi connectivity index (χ1n) is 19.8. The van der Waals surface area contributed by atoms with Crippen molar-refractivity contribution in [2.24, 2.45) is 5.92 Å². The predicted octanol–water partition coefficient (Wildman–Crippen LogP) is 10.2. The van der Waals surface area contributed by atoms with Crippen LogP contribution in [-0.2, 0) is 19.1 Å². The van der Waals surface area contributed by atoms with Crippen LogP contribution in [0.5, 0.6) is 0 Å². The zero-order valence-corrected chi connectivity index (χ0v) is 31.5. The number of benzene rings is 2. The normalized spacial score (nSPS) is 20.3. The fourth-order valence-electron chi connectivity index (χ4n) is 8.30. The molecule has 0 aromatic heterocycles. The number of hydrogen-bond donors (Lipinski definition) is 2. The summed E-state index contributed by atoms with van der Waals surface area (Å²) in [5.74, 6) is -2.75. The summed E-state index contributed by atoms with van der Waals surface area (Å²) in [5.41, 5.74) is 2.21. The number of hydrogen-bond acceptors (Lipinski definition) is 6. The first kappa shape index (κ1) is 42.3. The van der Waals surface area contributed by atoms with Crippen LogP contribution in [0.25, 0.3) is 0 Å². The second-order valence-corrected chi connectivity index (χ2v) is 15.2. The summed E-state index contributed by atoms with van der Waals surface area (Å²) in [7, 11) is 0. The lowest BCUT2D eigenvalue weighted by Gasteiger charge is -2.31. The zero-order valence-electron chi connectivity index (χ0n) is 31.5. The van der Waals surface area contributed by atoms with Gasteiger partial charge in [0.2, 0.25) is 0 Å². The Hall–Kier alpha value is -3.43. The molecule has 0 amide bonds. The van der Waals surface area contributed by atoms with Gasteiger partial charge in [0.25, 0.3) is 0 Å². The van der Waals surface area contributed by atoms with Gasteiger partial charge in [-0.3, -0.25) is 0 Å². The van der Waals surface area contributed by atoms with Crippen molar-refractivity contribution in [3.63, 3.8) is 0 Å². The van der Waals surface area contributed by atoms with Crippen LogP contribution in [0.1, 0.15) is 156 Å². The number of unbranched alkanes of at least 4 members (excludes halogenated alkanes) is 2. The topological polar surface area (TPSA) is 93.1 Å². The van der Waals surface area contributed by atoms with Crippen LogP contribution in [-0.4, -0.2) is 48.6 Å². The number of halogens is 3. The van der Waals surface area contributed by atoms with Gasteiger partial charge in [-0.25, -0.2) is 22.8 Å². The molecule has 0 bridgehead atoms. The van der Waals surface area contributed by atoms with E-state index < -0.39 is 42.7 Å². The highest BCUT2D eigenvalue weighted by atomic mass is 19.2. The van der Waals surface area contributed by atoms with Crippen LogP contribution in [0.15, 0.2) is 54.6 Å². The molecular weight excluding hydrogens is 681 g/mol. The number of rotatable bonds is 20. The predicted molar refractivity (Wildman–Crippen MR) is 201 cm³/mol. The Morgan fingerprint density at radius 3 is 1.77 bits per heavy atom. The van der Waals surface area contributed by atoms with Crippen molar-refractivity contribution < 1.29 is 42.4 Å². The van der Waals surface area contributed by atoms with Crippen LogP contribution >= 0.6 is 0 Å². The first-order valence-corrected chi connectivity index (χ1v) is 19.8. The van der Waals surface area contributed by atoms with E-state index in [1.54, 1.807) is 18.2 Å². The molecular formula is C44H59F3O6. The molecule has 53 heavy (non-hydrogen) atoms. The van der Waals surface area contributed by atoms with Gasteiger partial charge in [0.1, 0.15) is 5.82 Å². The van der Waals surface area contributed by atoms with E-state index >= 15 is 13.2 Å². The molecule has 9 heteroatoms. The average molecular weight is 741 g/mol. The van der Waals surface area contributed by atoms with E-state index in [1.807, 2.05) is 6.07 Å². The lowest BCUT2D eigenvalue weighted by atomic mass is 9.74. The fourth-order valence-corrected chi connectivity index (χ4v) is 8.30. The zero-order chi connectivity index (χ0) is 38.3. The quantitative estimate of drug-likeness (QED) is 0.0798. The Kier molecular flexibility index (Phi) is 17.1. The Labute approximate surface area is 313 Å². The maximum absolute atomic E-state index is 15.8. The summed E-state index contributed by atoms with van der Waals surface area (Å²) < 4.78 is 57.5. The smallest absolute Gasteiger partial charge is 0.335 e. The number of carbonyl (C=O) groups excluding carboxylic acids is 2. The van der Waals surface area contributed by atoms with Crippen LogP contribution in [0.3, 0.4) is 0 Å². The van der Waals surface area contributed by atoms with Crippen LogP contribution in [0.4, 0.5) is 13.2 Å². The molecule has 0 saturated heterocycles. The van der Waals surface area contributed by atoms with E-state index in [4.69, 9.17) is 19.7 Å². The molecule has 0 radical (unpaired) electrons. The van der Waals surface area contributed by atoms with Crippen molar-refractivity contribution in [3.05, 3.63) is 94.3 Å². The molecule has 0 atom stereocenters.